The van der Waals surface area contributed by atoms with Gasteiger partial charge in [-0.25, -0.2) is 0 Å². The van der Waals surface area contributed by atoms with Crippen LogP contribution in [0.5, 0.6) is 0 Å². The Morgan fingerprint density at radius 2 is 1.73 bits per heavy atom. The van der Waals surface area contributed by atoms with Gasteiger partial charge in [0, 0.05) is 23.1 Å². The molecule has 4 heteroatoms. The minimum absolute atomic E-state index is 0.0582. The van der Waals surface area contributed by atoms with Crippen LogP contribution in [0, 0.1) is 6.92 Å². The molecule has 1 atom stereocenters. The van der Waals surface area contributed by atoms with Crippen LogP contribution in [0.3, 0.4) is 0 Å². The molecule has 2 rings (SSSR count). The molecule has 0 saturated heterocycles. The first-order chi connectivity index (χ1) is 10.6. The standard InChI is InChI=1S/C18H21NO2S/c1-15-7-5-6-10-17(15)11-12-19-18(20)14-22(21)13-16-8-3-2-4-9-16/h2-10H,11-14H2,1H3,(H,19,20). The summed E-state index contributed by atoms with van der Waals surface area (Å²) >= 11 is 0. The molecule has 0 saturated carbocycles. The number of aryl methyl sites for hydroxylation is 1. The average molecular weight is 315 g/mol. The number of carbonyl (C=O) groups is 1. The number of carbonyl (C=O) groups excluding carboxylic acids is 1. The molecular weight excluding hydrogens is 294 g/mol. The molecular formula is C18H21NO2S. The van der Waals surface area contributed by atoms with Crippen LogP contribution in [0.25, 0.3) is 0 Å². The first-order valence-electron chi connectivity index (χ1n) is 7.35. The van der Waals surface area contributed by atoms with Crippen molar-refractivity contribution in [3.05, 3.63) is 71.3 Å². The lowest BCUT2D eigenvalue weighted by Crippen LogP contribution is -2.30. The number of amides is 1. The number of hydrogen-bond donors (Lipinski definition) is 1. The molecule has 1 unspecified atom stereocenters. The van der Waals surface area contributed by atoms with Gasteiger partial charge in [0.05, 0.1) is 0 Å². The third-order valence-electron chi connectivity index (χ3n) is 3.44. The zero-order chi connectivity index (χ0) is 15.8. The lowest BCUT2D eigenvalue weighted by Gasteiger charge is -2.07. The highest BCUT2D eigenvalue weighted by atomic mass is 32.2. The minimum Gasteiger partial charge on any atom is -0.355 e. The average Bonchev–Trinajstić information content (AvgIpc) is 2.50. The van der Waals surface area contributed by atoms with E-state index in [-0.39, 0.29) is 11.7 Å². The van der Waals surface area contributed by atoms with Crippen LogP contribution >= 0.6 is 0 Å². The van der Waals surface area contributed by atoms with Crippen molar-refractivity contribution in [1.29, 1.82) is 0 Å². The summed E-state index contributed by atoms with van der Waals surface area (Å²) in [6.07, 6.45) is 0.795. The Bertz CT molecular complexity index is 641. The molecule has 1 N–H and O–H groups in total. The molecule has 1 amide bonds. The Hall–Kier alpha value is -1.94. The van der Waals surface area contributed by atoms with Crippen molar-refractivity contribution < 1.29 is 9.00 Å². The van der Waals surface area contributed by atoms with E-state index in [1.54, 1.807) is 0 Å². The van der Waals surface area contributed by atoms with Crippen LogP contribution in [-0.2, 0) is 27.8 Å². The minimum atomic E-state index is -1.17. The zero-order valence-electron chi connectivity index (χ0n) is 12.7. The van der Waals surface area contributed by atoms with Gasteiger partial charge < -0.3 is 5.32 Å². The second kappa shape index (κ2) is 8.49. The monoisotopic (exact) mass is 315 g/mol. The summed E-state index contributed by atoms with van der Waals surface area (Å²) in [5.74, 6) is 0.331. The molecule has 2 aromatic rings. The van der Waals surface area contributed by atoms with Gasteiger partial charge in [-0.05, 0) is 30.0 Å². The molecule has 0 aliphatic rings. The fourth-order valence-electron chi connectivity index (χ4n) is 2.24. The molecule has 3 nitrogen and oxygen atoms in total. The zero-order valence-corrected chi connectivity index (χ0v) is 13.6. The second-order valence-electron chi connectivity index (χ2n) is 5.24. The van der Waals surface area contributed by atoms with Crippen molar-refractivity contribution in [3.8, 4) is 0 Å². The maximum atomic E-state index is 12.0. The topological polar surface area (TPSA) is 46.2 Å². The summed E-state index contributed by atoms with van der Waals surface area (Å²) in [6.45, 7) is 2.64. The van der Waals surface area contributed by atoms with Crippen molar-refractivity contribution in [2.45, 2.75) is 19.1 Å². The summed E-state index contributed by atoms with van der Waals surface area (Å²) in [7, 11) is -1.17. The van der Waals surface area contributed by atoms with Crippen LogP contribution in [0.4, 0.5) is 0 Å². The fraction of sp³-hybridized carbons (Fsp3) is 0.278. The highest BCUT2D eigenvalue weighted by molar-refractivity contribution is 7.84. The van der Waals surface area contributed by atoms with Gasteiger partial charge in [0.2, 0.25) is 5.91 Å². The van der Waals surface area contributed by atoms with Crippen LogP contribution in [0.2, 0.25) is 0 Å². The van der Waals surface area contributed by atoms with E-state index in [4.69, 9.17) is 0 Å². The lowest BCUT2D eigenvalue weighted by atomic mass is 10.1. The molecule has 116 valence electrons. The Morgan fingerprint density at radius 3 is 2.45 bits per heavy atom. The van der Waals surface area contributed by atoms with Crippen LogP contribution in [-0.4, -0.2) is 22.4 Å². The van der Waals surface area contributed by atoms with Crippen LogP contribution < -0.4 is 5.32 Å². The smallest absolute Gasteiger partial charge is 0.232 e. The molecule has 0 aliphatic heterocycles. The molecule has 2 aromatic carbocycles. The first kappa shape index (κ1) is 16.4. The van der Waals surface area contributed by atoms with Gasteiger partial charge in [0.15, 0.2) is 0 Å². The van der Waals surface area contributed by atoms with Crippen molar-refractivity contribution in [2.24, 2.45) is 0 Å². The summed E-state index contributed by atoms with van der Waals surface area (Å²) in [4.78, 5) is 11.8. The predicted octanol–water partition coefficient (Wildman–Crippen LogP) is 2.60. The van der Waals surface area contributed by atoms with Crippen molar-refractivity contribution in [1.82, 2.24) is 5.32 Å². The number of rotatable bonds is 7. The SMILES string of the molecule is Cc1ccccc1CCNC(=O)CS(=O)Cc1ccccc1. The van der Waals surface area contributed by atoms with Crippen molar-refractivity contribution in [3.63, 3.8) is 0 Å². The van der Waals surface area contributed by atoms with Gasteiger partial charge in [-0.3, -0.25) is 9.00 Å². The van der Waals surface area contributed by atoms with Gasteiger partial charge in [0.1, 0.15) is 5.75 Å². The normalized spacial score (nSPS) is 11.9. The largest absolute Gasteiger partial charge is 0.355 e. The Balaban J connectivity index is 1.72. The van der Waals surface area contributed by atoms with Crippen molar-refractivity contribution >= 4 is 16.7 Å². The van der Waals surface area contributed by atoms with E-state index in [0.717, 1.165) is 12.0 Å². The lowest BCUT2D eigenvalue weighted by molar-refractivity contribution is -0.118. The molecule has 0 fully saturated rings. The molecule has 0 radical (unpaired) electrons. The van der Waals surface area contributed by atoms with Crippen LogP contribution in [0.1, 0.15) is 16.7 Å². The Kier molecular flexibility index (Phi) is 6.34. The quantitative estimate of drug-likeness (QED) is 0.853. The van der Waals surface area contributed by atoms with E-state index in [1.807, 2.05) is 42.5 Å². The fourth-order valence-corrected chi connectivity index (χ4v) is 3.30. The Morgan fingerprint density at radius 1 is 1.05 bits per heavy atom. The van der Waals surface area contributed by atoms with Gasteiger partial charge in [-0.15, -0.1) is 0 Å². The summed E-state index contributed by atoms with van der Waals surface area (Å²) in [5, 5.41) is 2.84. The molecule has 0 aromatic heterocycles. The first-order valence-corrected chi connectivity index (χ1v) is 8.84. The van der Waals surface area contributed by atoms with Gasteiger partial charge >= 0.3 is 0 Å². The highest BCUT2D eigenvalue weighted by Gasteiger charge is 2.08. The van der Waals surface area contributed by atoms with E-state index in [0.29, 0.717) is 12.3 Å². The van der Waals surface area contributed by atoms with E-state index in [9.17, 15) is 9.00 Å². The molecule has 0 aliphatic carbocycles. The number of nitrogens with one attached hydrogen (secondary N) is 1. The second-order valence-corrected chi connectivity index (χ2v) is 6.70. The van der Waals surface area contributed by atoms with E-state index in [1.165, 1.54) is 11.1 Å². The van der Waals surface area contributed by atoms with E-state index in [2.05, 4.69) is 24.4 Å². The van der Waals surface area contributed by atoms with Gasteiger partial charge in [-0.2, -0.15) is 0 Å². The predicted molar refractivity (Wildman–Crippen MR) is 91.0 cm³/mol. The molecule has 22 heavy (non-hydrogen) atoms. The van der Waals surface area contributed by atoms with Gasteiger partial charge in [-0.1, -0.05) is 54.6 Å². The third kappa shape index (κ3) is 5.45. The third-order valence-corrected chi connectivity index (χ3v) is 4.68. The maximum absolute atomic E-state index is 12.0. The van der Waals surface area contributed by atoms with Gasteiger partial charge in [0.25, 0.3) is 0 Å². The number of hydrogen-bond acceptors (Lipinski definition) is 2. The summed E-state index contributed by atoms with van der Waals surface area (Å²) in [6, 6.07) is 17.7. The summed E-state index contributed by atoms with van der Waals surface area (Å²) < 4.78 is 12.0. The van der Waals surface area contributed by atoms with E-state index >= 15 is 0 Å². The van der Waals surface area contributed by atoms with Crippen LogP contribution in [0.15, 0.2) is 54.6 Å². The van der Waals surface area contributed by atoms with E-state index < -0.39 is 10.8 Å². The highest BCUT2D eigenvalue weighted by Crippen LogP contribution is 2.07. The molecule has 0 bridgehead atoms. The van der Waals surface area contributed by atoms with Crippen molar-refractivity contribution in [2.75, 3.05) is 12.3 Å². The summed E-state index contributed by atoms with van der Waals surface area (Å²) in [5.41, 5.74) is 3.45. The number of benzene rings is 2. The molecule has 0 spiro atoms. The molecule has 0 heterocycles. The Labute approximate surface area is 134 Å². The maximum Gasteiger partial charge on any atom is 0.232 e.